The summed E-state index contributed by atoms with van der Waals surface area (Å²) in [6.45, 7) is 2.81. The number of amides is 2. The first-order valence-corrected chi connectivity index (χ1v) is 9.56. The predicted octanol–water partition coefficient (Wildman–Crippen LogP) is 3.03. The molecule has 1 N–H and O–H groups in total. The van der Waals surface area contributed by atoms with Crippen LogP contribution in [0.3, 0.4) is 0 Å². The monoisotopic (exact) mass is 398 g/mol. The number of anilines is 1. The Morgan fingerprint density at radius 1 is 1.21 bits per heavy atom. The van der Waals surface area contributed by atoms with E-state index in [0.717, 1.165) is 5.56 Å². The maximum Gasteiger partial charge on any atom is 0.338 e. The number of esters is 1. The minimum Gasteiger partial charge on any atom is -0.462 e. The third-order valence-corrected chi connectivity index (χ3v) is 4.81. The van der Waals surface area contributed by atoms with Crippen LogP contribution in [0.2, 0.25) is 0 Å². The van der Waals surface area contributed by atoms with Crippen LogP contribution < -0.4 is 5.32 Å². The number of carbonyl (C=O) groups excluding carboxylic acids is 3. The first kappa shape index (κ1) is 20.5. The van der Waals surface area contributed by atoms with Crippen LogP contribution in [0, 0.1) is 11.7 Å². The molecule has 0 saturated carbocycles. The zero-order valence-corrected chi connectivity index (χ0v) is 16.2. The van der Waals surface area contributed by atoms with Crippen LogP contribution >= 0.6 is 0 Å². The minimum atomic E-state index is -0.457. The maximum absolute atomic E-state index is 13.0. The first-order valence-electron chi connectivity index (χ1n) is 9.56. The van der Waals surface area contributed by atoms with Gasteiger partial charge in [-0.15, -0.1) is 0 Å². The van der Waals surface area contributed by atoms with Gasteiger partial charge in [0.15, 0.2) is 0 Å². The van der Waals surface area contributed by atoms with E-state index in [9.17, 15) is 18.8 Å². The highest BCUT2D eigenvalue weighted by Gasteiger charge is 2.34. The topological polar surface area (TPSA) is 75.7 Å². The summed E-state index contributed by atoms with van der Waals surface area (Å²) in [5.74, 6) is -1.54. The molecule has 0 radical (unpaired) electrons. The van der Waals surface area contributed by atoms with Gasteiger partial charge in [0.05, 0.1) is 18.1 Å². The quantitative estimate of drug-likeness (QED) is 0.728. The van der Waals surface area contributed by atoms with Crippen molar-refractivity contribution in [3.8, 4) is 0 Å². The minimum absolute atomic E-state index is 0.0764. The van der Waals surface area contributed by atoms with Crippen molar-refractivity contribution in [1.29, 1.82) is 0 Å². The summed E-state index contributed by atoms with van der Waals surface area (Å²) in [5, 5.41) is 2.78. The van der Waals surface area contributed by atoms with E-state index in [2.05, 4.69) is 5.32 Å². The summed E-state index contributed by atoms with van der Waals surface area (Å²) in [6, 6.07) is 12.7. The SMILES string of the molecule is CCOC(=O)c1cccc(NC(=O)[C@H]2CC(=O)N(CCc3ccc(F)cc3)C2)c1. The van der Waals surface area contributed by atoms with E-state index in [4.69, 9.17) is 4.74 Å². The maximum atomic E-state index is 13.0. The number of nitrogens with one attached hydrogen (secondary N) is 1. The first-order chi connectivity index (χ1) is 14.0. The average molecular weight is 398 g/mol. The molecule has 0 unspecified atom stereocenters. The normalized spacial score (nSPS) is 16.0. The van der Waals surface area contributed by atoms with Crippen LogP contribution in [0.5, 0.6) is 0 Å². The molecule has 6 nitrogen and oxygen atoms in total. The lowest BCUT2D eigenvalue weighted by Crippen LogP contribution is -2.30. The van der Waals surface area contributed by atoms with Gasteiger partial charge in [-0.2, -0.15) is 0 Å². The molecule has 29 heavy (non-hydrogen) atoms. The van der Waals surface area contributed by atoms with Crippen LogP contribution in [0.4, 0.5) is 10.1 Å². The van der Waals surface area contributed by atoms with E-state index < -0.39 is 11.9 Å². The summed E-state index contributed by atoms with van der Waals surface area (Å²) in [4.78, 5) is 38.3. The molecule has 1 atom stereocenters. The summed E-state index contributed by atoms with van der Waals surface area (Å²) in [5.41, 5.74) is 1.77. The molecule has 3 rings (SSSR count). The van der Waals surface area contributed by atoms with Gasteiger partial charge in [-0.1, -0.05) is 18.2 Å². The van der Waals surface area contributed by atoms with Crippen LogP contribution in [0.1, 0.15) is 29.3 Å². The molecule has 2 aromatic carbocycles. The van der Waals surface area contributed by atoms with Gasteiger partial charge in [0.25, 0.3) is 0 Å². The number of hydrogen-bond acceptors (Lipinski definition) is 4. The van der Waals surface area contributed by atoms with Crippen molar-refractivity contribution in [1.82, 2.24) is 4.90 Å². The fraction of sp³-hybridized carbons (Fsp3) is 0.318. The standard InChI is InChI=1S/C22H23FN2O4/c1-2-29-22(28)16-4-3-5-19(12-16)24-21(27)17-13-20(26)25(14-17)11-10-15-6-8-18(23)9-7-15/h3-9,12,17H,2,10-11,13-14H2,1H3,(H,24,27)/t17-/m0/s1. The molecule has 0 spiro atoms. The second-order valence-electron chi connectivity index (χ2n) is 6.91. The summed E-state index contributed by atoms with van der Waals surface area (Å²) < 4.78 is 17.9. The van der Waals surface area contributed by atoms with E-state index in [1.54, 1.807) is 48.2 Å². The molecule has 1 aliphatic rings. The molecular formula is C22H23FN2O4. The molecule has 2 amide bonds. The Morgan fingerprint density at radius 3 is 2.69 bits per heavy atom. The van der Waals surface area contributed by atoms with Crippen molar-refractivity contribution < 1.29 is 23.5 Å². The molecule has 7 heteroatoms. The van der Waals surface area contributed by atoms with Crippen LogP contribution in [-0.4, -0.2) is 42.4 Å². The van der Waals surface area contributed by atoms with E-state index in [1.165, 1.54) is 12.1 Å². The number of hydrogen-bond donors (Lipinski definition) is 1. The molecule has 1 heterocycles. The van der Waals surface area contributed by atoms with E-state index in [1.807, 2.05) is 0 Å². The van der Waals surface area contributed by atoms with Gasteiger partial charge in [-0.3, -0.25) is 9.59 Å². The molecule has 0 aromatic heterocycles. The van der Waals surface area contributed by atoms with Gasteiger partial charge in [0, 0.05) is 25.2 Å². The number of benzene rings is 2. The van der Waals surface area contributed by atoms with E-state index in [-0.39, 0.29) is 30.7 Å². The van der Waals surface area contributed by atoms with Gasteiger partial charge in [-0.05, 0) is 49.2 Å². The largest absolute Gasteiger partial charge is 0.462 e. The van der Waals surface area contributed by atoms with Gasteiger partial charge in [-0.25, -0.2) is 9.18 Å². The Morgan fingerprint density at radius 2 is 1.97 bits per heavy atom. The zero-order valence-electron chi connectivity index (χ0n) is 16.2. The van der Waals surface area contributed by atoms with Crippen LogP contribution in [-0.2, 0) is 20.7 Å². The van der Waals surface area contributed by atoms with Gasteiger partial charge >= 0.3 is 5.97 Å². The van der Waals surface area contributed by atoms with Crippen molar-refractivity contribution in [3.63, 3.8) is 0 Å². The van der Waals surface area contributed by atoms with Gasteiger partial charge in [0.2, 0.25) is 11.8 Å². The number of nitrogens with zero attached hydrogens (tertiary/aromatic N) is 1. The number of ether oxygens (including phenoxy) is 1. The molecular weight excluding hydrogens is 375 g/mol. The van der Waals surface area contributed by atoms with Crippen LogP contribution in [0.25, 0.3) is 0 Å². The van der Waals surface area contributed by atoms with Crippen molar-refractivity contribution in [2.24, 2.45) is 5.92 Å². The number of halogens is 1. The van der Waals surface area contributed by atoms with Crippen molar-refractivity contribution in [3.05, 3.63) is 65.5 Å². The predicted molar refractivity (Wildman–Crippen MR) is 106 cm³/mol. The lowest BCUT2D eigenvalue weighted by molar-refractivity contribution is -0.128. The smallest absolute Gasteiger partial charge is 0.338 e. The Hall–Kier alpha value is -3.22. The van der Waals surface area contributed by atoms with Crippen molar-refractivity contribution in [2.45, 2.75) is 19.8 Å². The highest BCUT2D eigenvalue weighted by atomic mass is 19.1. The Labute approximate surface area is 168 Å². The van der Waals surface area contributed by atoms with Gasteiger partial charge < -0.3 is 15.0 Å². The fourth-order valence-electron chi connectivity index (χ4n) is 3.26. The van der Waals surface area contributed by atoms with Crippen molar-refractivity contribution in [2.75, 3.05) is 25.0 Å². The zero-order chi connectivity index (χ0) is 20.8. The lowest BCUT2D eigenvalue weighted by Gasteiger charge is -2.16. The lowest BCUT2D eigenvalue weighted by atomic mass is 10.1. The summed E-state index contributed by atoms with van der Waals surface area (Å²) in [7, 11) is 0. The number of likely N-dealkylation sites (tertiary alicyclic amines) is 1. The molecule has 152 valence electrons. The van der Waals surface area contributed by atoms with Crippen LogP contribution in [0.15, 0.2) is 48.5 Å². The highest BCUT2D eigenvalue weighted by Crippen LogP contribution is 2.21. The van der Waals surface area contributed by atoms with Gasteiger partial charge in [0.1, 0.15) is 5.82 Å². The second kappa shape index (κ2) is 9.32. The van der Waals surface area contributed by atoms with Crippen molar-refractivity contribution >= 4 is 23.5 Å². The summed E-state index contributed by atoms with van der Waals surface area (Å²) in [6.07, 6.45) is 0.745. The molecule has 1 saturated heterocycles. The molecule has 1 aliphatic heterocycles. The Bertz CT molecular complexity index is 898. The third-order valence-electron chi connectivity index (χ3n) is 4.81. The molecule has 0 bridgehead atoms. The highest BCUT2D eigenvalue weighted by molar-refractivity contribution is 5.98. The average Bonchev–Trinajstić information content (AvgIpc) is 3.09. The third kappa shape index (κ3) is 5.40. The molecule has 0 aliphatic carbocycles. The van der Waals surface area contributed by atoms with E-state index >= 15 is 0 Å². The molecule has 1 fully saturated rings. The van der Waals surface area contributed by atoms with E-state index in [0.29, 0.717) is 30.8 Å². The number of rotatable bonds is 7. The Balaban J connectivity index is 1.55. The number of carbonyl (C=O) groups is 3. The second-order valence-corrected chi connectivity index (χ2v) is 6.91. The molecule has 2 aromatic rings. The Kier molecular flexibility index (Phi) is 6.59. The summed E-state index contributed by atoms with van der Waals surface area (Å²) >= 11 is 0. The fourth-order valence-corrected chi connectivity index (χ4v) is 3.26.